The van der Waals surface area contributed by atoms with Crippen LogP contribution in [0.5, 0.6) is 0 Å². The topological polar surface area (TPSA) is 86.1 Å². The minimum atomic E-state index is 0.134. The van der Waals surface area contributed by atoms with Gasteiger partial charge in [0.25, 0.3) is 0 Å². The summed E-state index contributed by atoms with van der Waals surface area (Å²) in [5, 5.41) is 3.47. The summed E-state index contributed by atoms with van der Waals surface area (Å²) in [6, 6.07) is 25.6. The van der Waals surface area contributed by atoms with Gasteiger partial charge in [-0.3, -0.25) is 9.88 Å². The van der Waals surface area contributed by atoms with Gasteiger partial charge in [-0.15, -0.1) is 0 Å². The fourth-order valence-corrected chi connectivity index (χ4v) is 5.50. The molecule has 1 aliphatic rings. The van der Waals surface area contributed by atoms with E-state index in [2.05, 4.69) is 107 Å². The third-order valence-electron chi connectivity index (χ3n) is 7.96. The third-order valence-corrected chi connectivity index (χ3v) is 7.96. The van der Waals surface area contributed by atoms with Crippen LogP contribution in [0.2, 0.25) is 0 Å². The van der Waals surface area contributed by atoms with Crippen LogP contribution in [0.25, 0.3) is 22.4 Å². The second kappa shape index (κ2) is 11.3. The molecular formula is C34H39N7. The number of aromatic nitrogens is 3. The van der Waals surface area contributed by atoms with Gasteiger partial charge in [0.15, 0.2) is 0 Å². The molecule has 3 heterocycles. The average molecular weight is 546 g/mol. The number of nitrogen functional groups attached to an aromatic ring is 1. The van der Waals surface area contributed by atoms with Crippen LogP contribution in [0.15, 0.2) is 85.2 Å². The van der Waals surface area contributed by atoms with Gasteiger partial charge in [-0.1, -0.05) is 63.2 Å². The van der Waals surface area contributed by atoms with Crippen LogP contribution in [0.3, 0.4) is 0 Å². The molecule has 1 saturated heterocycles. The lowest BCUT2D eigenvalue weighted by molar-refractivity contribution is 0.250. The SMILES string of the molecule is CC(C)(C)c1ccc(-c2nc3c(N4CCN(Cc5ccc(N)c(NCc6cccnc6)c5)CC4)cccc3[nH]2)cc1. The zero-order valence-electron chi connectivity index (χ0n) is 24.2. The summed E-state index contributed by atoms with van der Waals surface area (Å²) in [4.78, 5) is 17.8. The Kier molecular flexibility index (Phi) is 7.37. The molecule has 0 saturated carbocycles. The maximum atomic E-state index is 6.27. The molecule has 2 aromatic heterocycles. The summed E-state index contributed by atoms with van der Waals surface area (Å²) in [7, 11) is 0. The molecule has 210 valence electrons. The van der Waals surface area contributed by atoms with Crippen molar-refractivity contribution in [1.29, 1.82) is 0 Å². The van der Waals surface area contributed by atoms with Crippen LogP contribution in [0.1, 0.15) is 37.5 Å². The van der Waals surface area contributed by atoms with Crippen molar-refractivity contribution in [3.63, 3.8) is 0 Å². The molecule has 5 aromatic rings. The Morgan fingerprint density at radius 1 is 0.902 bits per heavy atom. The van der Waals surface area contributed by atoms with Crippen molar-refractivity contribution in [2.75, 3.05) is 42.1 Å². The molecular weight excluding hydrogens is 506 g/mol. The largest absolute Gasteiger partial charge is 0.397 e. The van der Waals surface area contributed by atoms with Crippen LogP contribution in [-0.4, -0.2) is 46.0 Å². The second-order valence-electron chi connectivity index (χ2n) is 12.0. The Morgan fingerprint density at radius 2 is 1.71 bits per heavy atom. The van der Waals surface area contributed by atoms with Gasteiger partial charge in [0, 0.05) is 57.2 Å². The van der Waals surface area contributed by atoms with E-state index in [9.17, 15) is 0 Å². The highest BCUT2D eigenvalue weighted by atomic mass is 15.3. The maximum absolute atomic E-state index is 6.27. The minimum Gasteiger partial charge on any atom is -0.397 e. The number of nitrogens with zero attached hydrogens (tertiary/aromatic N) is 4. The first-order valence-electron chi connectivity index (χ1n) is 14.4. The number of anilines is 3. The van der Waals surface area contributed by atoms with Crippen LogP contribution in [-0.2, 0) is 18.5 Å². The summed E-state index contributed by atoms with van der Waals surface area (Å²) in [5.74, 6) is 0.919. The number of fused-ring (bicyclic) bond motifs is 1. The highest BCUT2D eigenvalue weighted by Gasteiger charge is 2.21. The molecule has 0 unspecified atom stereocenters. The van der Waals surface area contributed by atoms with Crippen molar-refractivity contribution in [3.8, 4) is 11.4 Å². The first-order valence-corrected chi connectivity index (χ1v) is 14.4. The monoisotopic (exact) mass is 545 g/mol. The van der Waals surface area contributed by atoms with Crippen LogP contribution >= 0.6 is 0 Å². The van der Waals surface area contributed by atoms with E-state index in [0.717, 1.165) is 72.1 Å². The Balaban J connectivity index is 1.11. The Bertz CT molecular complexity index is 1610. The van der Waals surface area contributed by atoms with E-state index in [-0.39, 0.29) is 5.41 Å². The van der Waals surface area contributed by atoms with Gasteiger partial charge in [-0.05, 0) is 52.4 Å². The Hall–Kier alpha value is -4.36. The first kappa shape index (κ1) is 26.8. The molecule has 1 fully saturated rings. The highest BCUT2D eigenvalue weighted by Crippen LogP contribution is 2.31. The molecule has 1 aliphatic heterocycles. The fraction of sp³-hybridized carbons (Fsp3) is 0.294. The summed E-state index contributed by atoms with van der Waals surface area (Å²) in [5.41, 5.74) is 16.3. The fourth-order valence-electron chi connectivity index (χ4n) is 5.50. The number of imidazole rings is 1. The number of para-hydroxylation sites is 1. The summed E-state index contributed by atoms with van der Waals surface area (Å²) in [6.45, 7) is 12.2. The van der Waals surface area contributed by atoms with Gasteiger partial charge >= 0.3 is 0 Å². The van der Waals surface area contributed by atoms with Crippen LogP contribution < -0.4 is 16.0 Å². The molecule has 4 N–H and O–H groups in total. The maximum Gasteiger partial charge on any atom is 0.138 e. The van der Waals surface area contributed by atoms with Crippen molar-refractivity contribution >= 4 is 28.1 Å². The zero-order chi connectivity index (χ0) is 28.4. The van der Waals surface area contributed by atoms with Gasteiger partial charge in [-0.2, -0.15) is 0 Å². The molecule has 0 spiro atoms. The number of nitrogens with one attached hydrogen (secondary N) is 2. The Labute approximate surface area is 242 Å². The number of hydrogen-bond donors (Lipinski definition) is 3. The standard InChI is InChI=1S/C34H39N7/c1-34(2,3)27-12-10-26(11-13-27)33-38-29-7-4-8-31(32(29)39-33)41-18-16-40(17-19-41)23-24-9-14-28(35)30(20-24)37-22-25-6-5-15-36-21-25/h4-15,20-21,37H,16-19,22-23,35H2,1-3H3,(H,38,39). The molecule has 7 heteroatoms. The summed E-state index contributed by atoms with van der Waals surface area (Å²) in [6.07, 6.45) is 3.67. The quantitative estimate of drug-likeness (QED) is 0.204. The predicted octanol–water partition coefficient (Wildman–Crippen LogP) is 6.44. The van der Waals surface area contributed by atoms with Gasteiger partial charge < -0.3 is 20.9 Å². The molecule has 6 rings (SSSR count). The normalized spacial score (nSPS) is 14.5. The predicted molar refractivity (Wildman–Crippen MR) is 170 cm³/mol. The number of hydrogen-bond acceptors (Lipinski definition) is 6. The van der Waals surface area contributed by atoms with E-state index in [0.29, 0.717) is 6.54 Å². The van der Waals surface area contributed by atoms with Gasteiger partial charge in [0.2, 0.25) is 0 Å². The van der Waals surface area contributed by atoms with E-state index in [1.165, 1.54) is 16.8 Å². The van der Waals surface area contributed by atoms with Crippen molar-refractivity contribution in [1.82, 2.24) is 19.9 Å². The van der Waals surface area contributed by atoms with Gasteiger partial charge in [0.1, 0.15) is 11.3 Å². The van der Waals surface area contributed by atoms with E-state index in [1.807, 2.05) is 18.3 Å². The lowest BCUT2D eigenvalue weighted by Crippen LogP contribution is -2.46. The van der Waals surface area contributed by atoms with Crippen molar-refractivity contribution < 1.29 is 0 Å². The lowest BCUT2D eigenvalue weighted by Gasteiger charge is -2.36. The molecule has 0 atom stereocenters. The minimum absolute atomic E-state index is 0.134. The summed E-state index contributed by atoms with van der Waals surface area (Å²) < 4.78 is 0. The Morgan fingerprint density at radius 3 is 2.44 bits per heavy atom. The lowest BCUT2D eigenvalue weighted by atomic mass is 9.87. The molecule has 0 radical (unpaired) electrons. The zero-order valence-corrected chi connectivity index (χ0v) is 24.2. The first-order chi connectivity index (χ1) is 19.8. The molecule has 7 nitrogen and oxygen atoms in total. The average Bonchev–Trinajstić information content (AvgIpc) is 3.43. The smallest absolute Gasteiger partial charge is 0.138 e. The summed E-state index contributed by atoms with van der Waals surface area (Å²) >= 11 is 0. The molecule has 0 aliphatic carbocycles. The highest BCUT2D eigenvalue weighted by molar-refractivity contribution is 5.91. The third kappa shape index (κ3) is 6.05. The number of rotatable bonds is 7. The van der Waals surface area contributed by atoms with E-state index >= 15 is 0 Å². The number of piperazine rings is 1. The van der Waals surface area contributed by atoms with E-state index < -0.39 is 0 Å². The molecule has 0 amide bonds. The number of pyridine rings is 1. The van der Waals surface area contributed by atoms with Crippen molar-refractivity contribution in [2.45, 2.75) is 39.3 Å². The van der Waals surface area contributed by atoms with Crippen LogP contribution in [0.4, 0.5) is 17.1 Å². The number of aromatic amines is 1. The van der Waals surface area contributed by atoms with E-state index in [4.69, 9.17) is 10.7 Å². The van der Waals surface area contributed by atoms with E-state index in [1.54, 1.807) is 6.20 Å². The second-order valence-corrected chi connectivity index (χ2v) is 12.0. The number of benzene rings is 3. The number of nitrogens with two attached hydrogens (primary N) is 1. The van der Waals surface area contributed by atoms with Gasteiger partial charge in [0.05, 0.1) is 22.6 Å². The van der Waals surface area contributed by atoms with Crippen molar-refractivity contribution in [2.24, 2.45) is 0 Å². The van der Waals surface area contributed by atoms with Crippen molar-refractivity contribution in [3.05, 3.63) is 102 Å². The van der Waals surface area contributed by atoms with Gasteiger partial charge in [-0.25, -0.2) is 4.98 Å². The molecule has 41 heavy (non-hydrogen) atoms. The van der Waals surface area contributed by atoms with Crippen LogP contribution in [0, 0.1) is 0 Å². The molecule has 3 aromatic carbocycles. The number of H-pyrrole nitrogens is 1. The molecule has 0 bridgehead atoms.